The Balaban J connectivity index is 1.67. The van der Waals surface area contributed by atoms with Crippen LogP contribution in [0.4, 0.5) is 0 Å². The summed E-state index contributed by atoms with van der Waals surface area (Å²) in [5.41, 5.74) is 1.12. The first kappa shape index (κ1) is 53.9. The predicted molar refractivity (Wildman–Crippen MR) is 261 cm³/mol. The van der Waals surface area contributed by atoms with Gasteiger partial charge < -0.3 is 18.9 Å². The van der Waals surface area contributed by atoms with Crippen molar-refractivity contribution in [1.29, 1.82) is 0 Å². The monoisotopic (exact) mass is 883 g/mol. The Bertz CT molecular complexity index is 1660. The maximum absolute atomic E-state index is 13.7. The second-order valence-electron chi connectivity index (χ2n) is 17.4. The van der Waals surface area contributed by atoms with Gasteiger partial charge in [0, 0.05) is 23.3 Å². The Labute approximate surface area is 387 Å². The van der Waals surface area contributed by atoms with E-state index in [1.165, 1.54) is 96.0 Å². The molecule has 0 fully saturated rings. The van der Waals surface area contributed by atoms with Crippen molar-refractivity contribution in [3.8, 4) is 23.0 Å². The minimum Gasteiger partial charge on any atom is -0.493 e. The van der Waals surface area contributed by atoms with Crippen molar-refractivity contribution in [3.63, 3.8) is 0 Å². The molecule has 3 rings (SSSR count). The number of hydrogen-bond donors (Lipinski definition) is 0. The first-order chi connectivity index (χ1) is 31.3. The summed E-state index contributed by atoms with van der Waals surface area (Å²) in [4.78, 5) is 54.7. The number of carbonyl (C=O) groups excluding carboxylic acids is 4. The highest BCUT2D eigenvalue weighted by Crippen LogP contribution is 2.30. The summed E-state index contributed by atoms with van der Waals surface area (Å²) >= 11 is 0. The van der Waals surface area contributed by atoms with Gasteiger partial charge in [0.2, 0.25) is 0 Å². The van der Waals surface area contributed by atoms with Gasteiger partial charge in [-0.2, -0.15) is 0 Å². The average molecular weight is 883 g/mol. The molecule has 0 saturated carbocycles. The van der Waals surface area contributed by atoms with Crippen molar-refractivity contribution in [3.05, 3.63) is 82.9 Å². The van der Waals surface area contributed by atoms with Crippen molar-refractivity contribution in [2.45, 2.75) is 195 Å². The molecule has 0 aliphatic rings. The van der Waals surface area contributed by atoms with E-state index in [-0.39, 0.29) is 22.7 Å². The van der Waals surface area contributed by atoms with Crippen LogP contribution < -0.4 is 18.9 Å². The lowest BCUT2D eigenvalue weighted by atomic mass is 9.96. The van der Waals surface area contributed by atoms with Gasteiger partial charge in [0.05, 0.1) is 50.4 Å². The lowest BCUT2D eigenvalue weighted by molar-refractivity contribution is 0.0879. The molecule has 0 aliphatic heterocycles. The van der Waals surface area contributed by atoms with E-state index >= 15 is 0 Å². The summed E-state index contributed by atoms with van der Waals surface area (Å²) in [5, 5.41) is 0. The summed E-state index contributed by atoms with van der Waals surface area (Å²) in [5.74, 6) is 0.537. The van der Waals surface area contributed by atoms with E-state index in [0.717, 1.165) is 64.2 Å². The maximum Gasteiger partial charge on any atom is 0.174 e. The molecule has 0 N–H and O–H groups in total. The molecule has 64 heavy (non-hydrogen) atoms. The third kappa shape index (κ3) is 22.0. The van der Waals surface area contributed by atoms with E-state index in [4.69, 9.17) is 18.9 Å². The highest BCUT2D eigenvalue weighted by atomic mass is 16.5. The smallest absolute Gasteiger partial charge is 0.174 e. The van der Waals surface area contributed by atoms with Crippen LogP contribution in [0.15, 0.2) is 60.7 Å². The van der Waals surface area contributed by atoms with E-state index in [2.05, 4.69) is 27.7 Å². The molecule has 3 aromatic rings. The topological polar surface area (TPSA) is 105 Å². The fourth-order valence-corrected chi connectivity index (χ4v) is 7.71. The van der Waals surface area contributed by atoms with Crippen molar-refractivity contribution in [2.75, 3.05) is 26.4 Å². The average Bonchev–Trinajstić information content (AvgIpc) is 3.30. The molecule has 0 heterocycles. The fraction of sp³-hybridized carbons (Fsp3) is 0.607. The van der Waals surface area contributed by atoms with E-state index in [0.29, 0.717) is 60.6 Å². The molecule has 0 radical (unpaired) electrons. The normalized spacial score (nSPS) is 11.1. The standard InChI is InChI=1S/C56H82O8/c1-5-9-13-17-21-25-36-61-47-32-34-49(55(41-47)63-38-27-23-19-15-11-7-3)53(59)43-51(57)45-30-29-31-46(40-45)52(58)44-54(60)50-35-33-48(62-37-26-22-18-14-10-6-2)42-56(50)64-39-28-24-20-16-12-8-4/h29-35,40-42H,5-28,36-39,43-44H2,1-4H3. The van der Waals surface area contributed by atoms with Crippen LogP contribution in [0.1, 0.15) is 236 Å². The van der Waals surface area contributed by atoms with E-state index in [1.807, 2.05) is 0 Å². The van der Waals surface area contributed by atoms with Crippen LogP contribution in [-0.4, -0.2) is 49.6 Å². The SMILES string of the molecule is CCCCCCCCOc1ccc(C(=O)CC(=O)c2cccc(C(=O)CC(=O)c3ccc(OCCCCCCCC)cc3OCCCCCCCC)c2)c(OCCCCCCCC)c1. The molecule has 0 bridgehead atoms. The lowest BCUT2D eigenvalue weighted by Crippen LogP contribution is -2.13. The fourth-order valence-electron chi connectivity index (χ4n) is 7.71. The van der Waals surface area contributed by atoms with Gasteiger partial charge in [0.25, 0.3) is 0 Å². The maximum atomic E-state index is 13.7. The van der Waals surface area contributed by atoms with Gasteiger partial charge in [0.1, 0.15) is 23.0 Å². The quantitative estimate of drug-likeness (QED) is 0.0316. The van der Waals surface area contributed by atoms with Gasteiger partial charge in [0.15, 0.2) is 23.1 Å². The number of ether oxygens (including phenoxy) is 4. The Kier molecular flexibility index (Phi) is 28.6. The Morgan fingerprint density at radius 2 is 0.656 bits per heavy atom. The Hall–Kier alpha value is -4.46. The number of hydrogen-bond acceptors (Lipinski definition) is 8. The van der Waals surface area contributed by atoms with Gasteiger partial charge in [-0.15, -0.1) is 0 Å². The van der Waals surface area contributed by atoms with Gasteiger partial charge in [-0.3, -0.25) is 19.2 Å². The first-order valence-corrected chi connectivity index (χ1v) is 25.3. The van der Waals surface area contributed by atoms with Crippen LogP contribution in [-0.2, 0) is 0 Å². The van der Waals surface area contributed by atoms with Crippen molar-refractivity contribution in [1.82, 2.24) is 0 Å². The third-order valence-corrected chi connectivity index (χ3v) is 11.7. The summed E-state index contributed by atoms with van der Waals surface area (Å²) in [6.45, 7) is 10.9. The van der Waals surface area contributed by atoms with Crippen LogP contribution in [0.2, 0.25) is 0 Å². The summed E-state index contributed by atoms with van der Waals surface area (Å²) in [6, 6.07) is 16.7. The zero-order valence-electron chi connectivity index (χ0n) is 40.3. The number of Topliss-reactive ketones (excluding diaryl/α,β-unsaturated/α-hetero) is 4. The van der Waals surface area contributed by atoms with E-state index < -0.39 is 24.4 Å². The molecule has 354 valence electrons. The first-order valence-electron chi connectivity index (χ1n) is 25.3. The molecule has 3 aromatic carbocycles. The number of ketones is 4. The zero-order valence-corrected chi connectivity index (χ0v) is 40.3. The number of benzene rings is 3. The van der Waals surface area contributed by atoms with E-state index in [1.54, 1.807) is 54.6 Å². The molecule has 0 unspecified atom stereocenters. The summed E-state index contributed by atoms with van der Waals surface area (Å²) < 4.78 is 24.5. The van der Waals surface area contributed by atoms with Gasteiger partial charge in [-0.1, -0.05) is 174 Å². The van der Waals surface area contributed by atoms with Crippen LogP contribution >= 0.6 is 0 Å². The summed E-state index contributed by atoms with van der Waals surface area (Å²) in [6.07, 6.45) is 26.5. The van der Waals surface area contributed by atoms with Crippen LogP contribution in [0.3, 0.4) is 0 Å². The van der Waals surface area contributed by atoms with Gasteiger partial charge in [-0.05, 0) is 56.0 Å². The minimum atomic E-state index is -0.418. The Morgan fingerprint density at radius 1 is 0.344 bits per heavy atom. The van der Waals surface area contributed by atoms with Gasteiger partial charge >= 0.3 is 0 Å². The molecule has 0 amide bonds. The highest BCUT2D eigenvalue weighted by Gasteiger charge is 2.22. The number of unbranched alkanes of at least 4 members (excludes halogenated alkanes) is 20. The summed E-state index contributed by atoms with van der Waals surface area (Å²) in [7, 11) is 0. The number of rotatable bonds is 40. The zero-order chi connectivity index (χ0) is 46.0. The molecular weight excluding hydrogens is 801 g/mol. The molecule has 0 aromatic heterocycles. The number of carbonyl (C=O) groups is 4. The largest absolute Gasteiger partial charge is 0.493 e. The predicted octanol–water partition coefficient (Wildman–Crippen LogP) is 15.6. The second-order valence-corrected chi connectivity index (χ2v) is 17.4. The molecular formula is C56H82O8. The van der Waals surface area contributed by atoms with Crippen LogP contribution in [0.5, 0.6) is 23.0 Å². The highest BCUT2D eigenvalue weighted by molar-refractivity contribution is 6.17. The van der Waals surface area contributed by atoms with Crippen molar-refractivity contribution < 1.29 is 38.1 Å². The molecule has 0 spiro atoms. The van der Waals surface area contributed by atoms with Crippen LogP contribution in [0.25, 0.3) is 0 Å². The molecule has 8 heteroatoms. The second kappa shape index (κ2) is 34.0. The van der Waals surface area contributed by atoms with Crippen molar-refractivity contribution >= 4 is 23.1 Å². The molecule has 8 nitrogen and oxygen atoms in total. The van der Waals surface area contributed by atoms with Gasteiger partial charge in [-0.25, -0.2) is 0 Å². The molecule has 0 aliphatic carbocycles. The lowest BCUT2D eigenvalue weighted by Gasteiger charge is -2.14. The van der Waals surface area contributed by atoms with E-state index in [9.17, 15) is 19.2 Å². The minimum absolute atomic E-state index is 0.231. The Morgan fingerprint density at radius 3 is 1.00 bits per heavy atom. The molecule has 0 atom stereocenters. The van der Waals surface area contributed by atoms with Crippen LogP contribution in [0, 0.1) is 0 Å². The third-order valence-electron chi connectivity index (χ3n) is 11.7. The molecule has 0 saturated heterocycles. The van der Waals surface area contributed by atoms with Crippen molar-refractivity contribution in [2.24, 2.45) is 0 Å².